The van der Waals surface area contributed by atoms with Crippen LogP contribution in [0.4, 0.5) is 0 Å². The molecule has 3 nitrogen and oxygen atoms in total. The van der Waals surface area contributed by atoms with E-state index in [1.165, 1.54) is 38.4 Å². The highest BCUT2D eigenvalue weighted by atomic mass is 14.9. The van der Waals surface area contributed by atoms with Crippen molar-refractivity contribution in [1.29, 1.82) is 0 Å². The maximum atomic E-state index is 5.36. The van der Waals surface area contributed by atoms with Gasteiger partial charge < -0.3 is 0 Å². The van der Waals surface area contributed by atoms with Crippen LogP contribution in [0.15, 0.2) is 224 Å². The van der Waals surface area contributed by atoms with Crippen LogP contribution >= 0.6 is 0 Å². The molecule has 11 rings (SSSR count). The average Bonchev–Trinajstić information content (AvgIpc) is 3.34. The third kappa shape index (κ3) is 6.58. The second-order valence-electron chi connectivity index (χ2n) is 15.2. The molecule has 0 saturated carbocycles. The van der Waals surface area contributed by atoms with Crippen LogP contribution < -0.4 is 0 Å². The molecule has 0 aliphatic rings. The first-order valence-corrected chi connectivity index (χ1v) is 20.3. The van der Waals surface area contributed by atoms with E-state index in [-0.39, 0.29) is 0 Å². The normalized spacial score (nSPS) is 11.3. The Morgan fingerprint density at radius 2 is 0.733 bits per heavy atom. The first kappa shape index (κ1) is 35.2. The summed E-state index contributed by atoms with van der Waals surface area (Å²) in [5.74, 6) is 0.667. The molecule has 60 heavy (non-hydrogen) atoms. The molecule has 2 heterocycles. The molecule has 0 atom stereocenters. The van der Waals surface area contributed by atoms with E-state index in [2.05, 4.69) is 212 Å². The number of benzene rings is 9. The molecule has 0 aliphatic carbocycles. The topological polar surface area (TPSA) is 38.7 Å². The fraction of sp³-hybridized carbons (Fsp3) is 0. The van der Waals surface area contributed by atoms with Crippen molar-refractivity contribution in [3.05, 3.63) is 224 Å². The minimum atomic E-state index is 0.667. The molecule has 0 fully saturated rings. The van der Waals surface area contributed by atoms with Crippen molar-refractivity contribution in [2.75, 3.05) is 0 Å². The molecular weight excluding hydrogens is 727 g/mol. The predicted octanol–water partition coefficient (Wildman–Crippen LogP) is 15.0. The van der Waals surface area contributed by atoms with Gasteiger partial charge in [-0.05, 0) is 74.5 Å². The number of fused-ring (bicyclic) bond motifs is 5. The van der Waals surface area contributed by atoms with Crippen molar-refractivity contribution in [3.8, 4) is 78.5 Å². The molecule has 280 valence electrons. The van der Waals surface area contributed by atoms with Crippen molar-refractivity contribution in [1.82, 2.24) is 15.0 Å². The Labute approximate surface area is 349 Å². The zero-order chi connectivity index (χ0) is 39.8. The first-order chi connectivity index (χ1) is 29.7. The minimum Gasteiger partial charge on any atom is -0.247 e. The highest BCUT2D eigenvalue weighted by Gasteiger charge is 2.16. The fourth-order valence-corrected chi connectivity index (χ4v) is 8.43. The van der Waals surface area contributed by atoms with Crippen LogP contribution in [0.25, 0.3) is 111 Å². The molecule has 0 bridgehead atoms. The molecule has 0 N–H and O–H groups in total. The van der Waals surface area contributed by atoms with Crippen molar-refractivity contribution in [3.63, 3.8) is 0 Å². The van der Waals surface area contributed by atoms with Gasteiger partial charge in [-0.1, -0.05) is 194 Å². The Morgan fingerprint density at radius 1 is 0.250 bits per heavy atom. The molecule has 0 radical (unpaired) electrons. The van der Waals surface area contributed by atoms with Gasteiger partial charge in [-0.15, -0.1) is 0 Å². The van der Waals surface area contributed by atoms with Gasteiger partial charge in [0, 0.05) is 38.4 Å². The Balaban J connectivity index is 1.05. The zero-order valence-corrected chi connectivity index (χ0v) is 32.7. The lowest BCUT2D eigenvalue weighted by molar-refractivity contribution is 1.18. The molecule has 3 heteroatoms. The summed E-state index contributed by atoms with van der Waals surface area (Å²) in [6.07, 6.45) is 0. The minimum absolute atomic E-state index is 0.667. The lowest BCUT2D eigenvalue weighted by Crippen LogP contribution is -1.97. The molecule has 9 aromatic carbocycles. The summed E-state index contributed by atoms with van der Waals surface area (Å²) in [7, 11) is 0. The number of hydrogen-bond donors (Lipinski definition) is 0. The van der Waals surface area contributed by atoms with Crippen LogP contribution in [0.3, 0.4) is 0 Å². The molecule has 2 aromatic heterocycles. The van der Waals surface area contributed by atoms with E-state index in [4.69, 9.17) is 15.0 Å². The summed E-state index contributed by atoms with van der Waals surface area (Å²) in [6.45, 7) is 0. The number of hydrogen-bond acceptors (Lipinski definition) is 3. The van der Waals surface area contributed by atoms with Crippen LogP contribution in [0.5, 0.6) is 0 Å². The maximum Gasteiger partial charge on any atom is 0.160 e. The molecule has 0 amide bonds. The number of nitrogens with zero attached hydrogens (tertiary/aromatic N) is 3. The van der Waals surface area contributed by atoms with Gasteiger partial charge in [0.25, 0.3) is 0 Å². The van der Waals surface area contributed by atoms with Crippen LogP contribution in [0.1, 0.15) is 0 Å². The SMILES string of the molecule is c1ccc(-c2cccc(-c3cc(-c4cccc(-c5ccccc5)c4)nc(-c4ccc(-c5nc6ccc(-c7ccccc7)cc6c6c5ccc5ccccc56)cc4)n3)c2)cc1. The zero-order valence-electron chi connectivity index (χ0n) is 32.7. The quantitative estimate of drug-likeness (QED) is 0.152. The van der Waals surface area contributed by atoms with Crippen LogP contribution in [0.2, 0.25) is 0 Å². The summed E-state index contributed by atoms with van der Waals surface area (Å²) in [4.78, 5) is 15.9. The second-order valence-corrected chi connectivity index (χ2v) is 15.2. The largest absolute Gasteiger partial charge is 0.247 e. The van der Waals surface area contributed by atoms with Crippen LogP contribution in [-0.4, -0.2) is 15.0 Å². The lowest BCUT2D eigenvalue weighted by atomic mass is 9.93. The third-order valence-corrected chi connectivity index (χ3v) is 11.5. The maximum absolute atomic E-state index is 5.36. The van der Waals surface area contributed by atoms with Gasteiger partial charge in [0.05, 0.1) is 22.6 Å². The van der Waals surface area contributed by atoms with Crippen LogP contribution in [0, 0.1) is 0 Å². The van der Waals surface area contributed by atoms with E-state index in [0.29, 0.717) is 5.82 Å². The Bertz CT molecular complexity index is 3240. The molecule has 0 aliphatic heterocycles. The molecular formula is C57H37N3. The van der Waals surface area contributed by atoms with Crippen molar-refractivity contribution < 1.29 is 0 Å². The highest BCUT2D eigenvalue weighted by Crippen LogP contribution is 2.39. The van der Waals surface area contributed by atoms with Gasteiger partial charge in [0.2, 0.25) is 0 Å². The van der Waals surface area contributed by atoms with Gasteiger partial charge in [0.15, 0.2) is 5.82 Å². The molecule has 0 saturated heterocycles. The van der Waals surface area contributed by atoms with E-state index in [1.54, 1.807) is 0 Å². The average molecular weight is 764 g/mol. The highest BCUT2D eigenvalue weighted by molar-refractivity contribution is 6.22. The van der Waals surface area contributed by atoms with Gasteiger partial charge in [-0.2, -0.15) is 0 Å². The van der Waals surface area contributed by atoms with E-state index in [1.807, 2.05) is 12.1 Å². The van der Waals surface area contributed by atoms with E-state index in [9.17, 15) is 0 Å². The standard InChI is InChI=1S/C57H37N3/c1-4-14-38(15-5-1)44-21-12-23-47(34-44)53-37-54(48-24-13-22-45(35-48)39-16-6-2-7-17-39)60-57(59-53)43-28-26-42(27-29-43)56-50-32-30-41-20-10-11-25-49(41)55(50)51-36-46(31-33-52(51)58-56)40-18-8-3-9-19-40/h1-37H. The summed E-state index contributed by atoms with van der Waals surface area (Å²) >= 11 is 0. The van der Waals surface area contributed by atoms with Crippen molar-refractivity contribution in [2.24, 2.45) is 0 Å². The lowest BCUT2D eigenvalue weighted by Gasteiger charge is -2.14. The summed E-state index contributed by atoms with van der Waals surface area (Å²) in [5.41, 5.74) is 14.7. The summed E-state index contributed by atoms with van der Waals surface area (Å²) in [6, 6.07) is 79.2. The molecule has 0 unspecified atom stereocenters. The smallest absolute Gasteiger partial charge is 0.160 e. The van der Waals surface area contributed by atoms with Gasteiger partial charge in [-0.25, -0.2) is 15.0 Å². The predicted molar refractivity (Wildman–Crippen MR) is 250 cm³/mol. The Hall–Kier alpha value is -8.01. The second kappa shape index (κ2) is 15.1. The van der Waals surface area contributed by atoms with Gasteiger partial charge >= 0.3 is 0 Å². The van der Waals surface area contributed by atoms with Crippen molar-refractivity contribution in [2.45, 2.75) is 0 Å². The third-order valence-electron chi connectivity index (χ3n) is 11.5. The molecule has 0 spiro atoms. The van der Waals surface area contributed by atoms with Gasteiger partial charge in [0.1, 0.15) is 0 Å². The van der Waals surface area contributed by atoms with E-state index in [0.717, 1.165) is 66.8 Å². The number of pyridine rings is 1. The molecule has 11 aromatic rings. The summed E-state index contributed by atoms with van der Waals surface area (Å²) in [5, 5.41) is 5.91. The number of aromatic nitrogens is 3. The fourth-order valence-electron chi connectivity index (χ4n) is 8.43. The van der Waals surface area contributed by atoms with E-state index < -0.39 is 0 Å². The van der Waals surface area contributed by atoms with E-state index >= 15 is 0 Å². The monoisotopic (exact) mass is 763 g/mol. The van der Waals surface area contributed by atoms with Crippen LogP contribution in [-0.2, 0) is 0 Å². The summed E-state index contributed by atoms with van der Waals surface area (Å²) < 4.78 is 0. The van der Waals surface area contributed by atoms with Gasteiger partial charge in [-0.3, -0.25) is 0 Å². The van der Waals surface area contributed by atoms with Crippen molar-refractivity contribution >= 4 is 32.4 Å². The Morgan fingerprint density at radius 3 is 1.33 bits per heavy atom. The number of rotatable bonds is 7. The Kier molecular flexibility index (Phi) is 8.83. The first-order valence-electron chi connectivity index (χ1n) is 20.3.